The molecule has 1 unspecified atom stereocenters. The second kappa shape index (κ2) is 10.1. The minimum Gasteiger partial charge on any atom is -0.465 e. The van der Waals surface area contributed by atoms with Crippen LogP contribution in [0.15, 0.2) is 47.4 Å². The van der Waals surface area contributed by atoms with E-state index in [1.165, 1.54) is 18.2 Å². The van der Waals surface area contributed by atoms with E-state index in [1.807, 2.05) is 0 Å². The van der Waals surface area contributed by atoms with E-state index >= 15 is 0 Å². The molecule has 1 amide bonds. The highest BCUT2D eigenvalue weighted by molar-refractivity contribution is 7.89. The van der Waals surface area contributed by atoms with E-state index in [9.17, 15) is 27.2 Å². The van der Waals surface area contributed by atoms with Crippen molar-refractivity contribution in [2.75, 3.05) is 19.5 Å². The topological polar surface area (TPSA) is 128 Å². The van der Waals surface area contributed by atoms with Crippen LogP contribution in [0.5, 0.6) is 0 Å². The molecule has 0 radical (unpaired) electrons. The molecule has 0 aromatic heterocycles. The van der Waals surface area contributed by atoms with Crippen LogP contribution >= 0.6 is 0 Å². The number of ether oxygens (including phenoxy) is 2. The average Bonchev–Trinajstić information content (AvgIpc) is 2.76. The fourth-order valence-electron chi connectivity index (χ4n) is 2.59. The van der Waals surface area contributed by atoms with Crippen LogP contribution in [0.25, 0.3) is 0 Å². The molecule has 0 fully saturated rings. The lowest BCUT2D eigenvalue weighted by molar-refractivity contribution is -0.117. The normalized spacial score (nSPS) is 12.0. The molecule has 0 bridgehead atoms. The van der Waals surface area contributed by atoms with Crippen molar-refractivity contribution in [3.8, 4) is 0 Å². The molecule has 2 aromatic carbocycles. The number of hydrogen-bond acceptors (Lipinski definition) is 7. The molecule has 31 heavy (non-hydrogen) atoms. The Kier molecular flexibility index (Phi) is 7.83. The maximum Gasteiger partial charge on any atom is 0.337 e. The highest BCUT2D eigenvalue weighted by Gasteiger charge is 2.25. The molecule has 1 atom stereocenters. The van der Waals surface area contributed by atoms with Crippen LogP contribution in [0.3, 0.4) is 0 Å². The number of hydrogen-bond donors (Lipinski definition) is 2. The number of carbonyl (C=O) groups excluding carboxylic acids is 3. The lowest BCUT2D eigenvalue weighted by Gasteiger charge is -2.17. The molecule has 2 aromatic rings. The van der Waals surface area contributed by atoms with Gasteiger partial charge in [0.2, 0.25) is 15.9 Å². The Morgan fingerprint density at radius 1 is 0.968 bits per heavy atom. The van der Waals surface area contributed by atoms with E-state index in [0.29, 0.717) is 0 Å². The standard InChI is InChI=1S/C20H21FN2O7S/c1-4-17(23-31(27,28)16-7-5-14(21)6-8-16)18(24)22-15-10-12(19(25)29-2)9-13(11-15)20(26)30-3/h5-11,17,23H,4H2,1-3H3,(H,22,24). The van der Waals surface area contributed by atoms with Crippen molar-refractivity contribution in [3.63, 3.8) is 0 Å². The van der Waals surface area contributed by atoms with Crippen molar-refractivity contribution in [2.24, 2.45) is 0 Å². The number of anilines is 1. The third-order valence-electron chi connectivity index (χ3n) is 4.19. The van der Waals surface area contributed by atoms with Gasteiger partial charge in [-0.25, -0.2) is 22.4 Å². The molecule has 2 rings (SSSR count). The van der Waals surface area contributed by atoms with Gasteiger partial charge in [-0.15, -0.1) is 0 Å². The molecule has 0 saturated carbocycles. The zero-order valence-corrected chi connectivity index (χ0v) is 17.8. The van der Waals surface area contributed by atoms with Gasteiger partial charge in [0.05, 0.1) is 30.2 Å². The number of esters is 2. The predicted molar refractivity (Wildman–Crippen MR) is 109 cm³/mol. The summed E-state index contributed by atoms with van der Waals surface area (Å²) < 4.78 is 49.6. The molecule has 9 nitrogen and oxygen atoms in total. The van der Waals surface area contributed by atoms with E-state index in [0.717, 1.165) is 38.5 Å². The summed E-state index contributed by atoms with van der Waals surface area (Å²) >= 11 is 0. The van der Waals surface area contributed by atoms with E-state index in [2.05, 4.69) is 19.5 Å². The molecular formula is C20H21FN2O7S. The van der Waals surface area contributed by atoms with Gasteiger partial charge in [0.1, 0.15) is 11.9 Å². The van der Waals surface area contributed by atoms with E-state index in [-0.39, 0.29) is 28.1 Å². The van der Waals surface area contributed by atoms with Crippen molar-refractivity contribution >= 4 is 33.6 Å². The Morgan fingerprint density at radius 3 is 1.94 bits per heavy atom. The van der Waals surface area contributed by atoms with Gasteiger partial charge in [-0.1, -0.05) is 6.92 Å². The molecule has 2 N–H and O–H groups in total. The van der Waals surface area contributed by atoms with Gasteiger partial charge < -0.3 is 14.8 Å². The average molecular weight is 452 g/mol. The summed E-state index contributed by atoms with van der Waals surface area (Å²) in [5, 5.41) is 2.47. The molecule has 0 aliphatic rings. The summed E-state index contributed by atoms with van der Waals surface area (Å²) in [5.74, 6) is -2.82. The number of halogens is 1. The molecule has 0 saturated heterocycles. The van der Waals surface area contributed by atoms with Crippen molar-refractivity contribution in [3.05, 3.63) is 59.4 Å². The number of nitrogens with one attached hydrogen (secondary N) is 2. The van der Waals surface area contributed by atoms with Crippen LogP contribution in [0.2, 0.25) is 0 Å². The van der Waals surface area contributed by atoms with Gasteiger partial charge >= 0.3 is 11.9 Å². The Labute approximate surface area is 178 Å². The Hall–Kier alpha value is -3.31. The number of amides is 1. The smallest absolute Gasteiger partial charge is 0.337 e. The first-order chi connectivity index (χ1) is 14.6. The number of sulfonamides is 1. The van der Waals surface area contributed by atoms with Crippen LogP contribution in [0.1, 0.15) is 34.1 Å². The molecule has 166 valence electrons. The highest BCUT2D eigenvalue weighted by Crippen LogP contribution is 2.18. The van der Waals surface area contributed by atoms with Crippen molar-refractivity contribution in [1.29, 1.82) is 0 Å². The largest absolute Gasteiger partial charge is 0.465 e. The number of carbonyl (C=O) groups is 3. The lowest BCUT2D eigenvalue weighted by Crippen LogP contribution is -2.43. The van der Waals surface area contributed by atoms with E-state index in [1.54, 1.807) is 6.92 Å². The van der Waals surface area contributed by atoms with E-state index < -0.39 is 39.7 Å². The van der Waals surface area contributed by atoms with Gasteiger partial charge in [0.15, 0.2) is 0 Å². The number of rotatable bonds is 8. The Balaban J connectivity index is 2.28. The summed E-state index contributed by atoms with van der Waals surface area (Å²) in [4.78, 5) is 36.2. The van der Waals surface area contributed by atoms with Crippen molar-refractivity contribution in [1.82, 2.24) is 4.72 Å². The molecule has 0 heterocycles. The zero-order chi connectivity index (χ0) is 23.2. The van der Waals surface area contributed by atoms with Crippen LogP contribution in [-0.4, -0.2) is 46.5 Å². The van der Waals surface area contributed by atoms with Gasteiger partial charge in [-0.3, -0.25) is 4.79 Å². The van der Waals surface area contributed by atoms with Crippen LogP contribution in [0, 0.1) is 5.82 Å². The second-order valence-corrected chi connectivity index (χ2v) is 8.02. The molecule has 0 spiro atoms. The second-order valence-electron chi connectivity index (χ2n) is 6.31. The highest BCUT2D eigenvalue weighted by atomic mass is 32.2. The van der Waals surface area contributed by atoms with Crippen LogP contribution in [-0.2, 0) is 24.3 Å². The van der Waals surface area contributed by atoms with E-state index in [4.69, 9.17) is 0 Å². The Bertz CT molecular complexity index is 1050. The van der Waals surface area contributed by atoms with Gasteiger partial charge in [0.25, 0.3) is 0 Å². The molecule has 0 aliphatic carbocycles. The monoisotopic (exact) mass is 452 g/mol. The van der Waals surface area contributed by atoms with Gasteiger partial charge in [0, 0.05) is 5.69 Å². The van der Waals surface area contributed by atoms with Crippen molar-refractivity contribution in [2.45, 2.75) is 24.3 Å². The first-order valence-electron chi connectivity index (χ1n) is 9.01. The number of benzene rings is 2. The Morgan fingerprint density at radius 2 is 1.48 bits per heavy atom. The predicted octanol–water partition coefficient (Wildman–Crippen LogP) is 2.09. The maximum absolute atomic E-state index is 13.1. The SMILES string of the molecule is CCC(NS(=O)(=O)c1ccc(F)cc1)C(=O)Nc1cc(C(=O)OC)cc(C(=O)OC)c1. The fourth-order valence-corrected chi connectivity index (χ4v) is 3.87. The molecular weight excluding hydrogens is 431 g/mol. The van der Waals surface area contributed by atoms with Crippen LogP contribution in [0.4, 0.5) is 10.1 Å². The third kappa shape index (κ3) is 6.09. The lowest BCUT2D eigenvalue weighted by atomic mass is 10.1. The minimum absolute atomic E-state index is 0.0133. The van der Waals surface area contributed by atoms with Crippen LogP contribution < -0.4 is 10.0 Å². The minimum atomic E-state index is -4.10. The summed E-state index contributed by atoms with van der Waals surface area (Å²) in [6.07, 6.45) is 0.0901. The molecule has 0 aliphatic heterocycles. The summed E-state index contributed by atoms with van der Waals surface area (Å²) in [5.41, 5.74) is 0.0361. The quantitative estimate of drug-likeness (QED) is 0.587. The van der Waals surface area contributed by atoms with Crippen molar-refractivity contribution < 1.29 is 36.7 Å². The fraction of sp³-hybridized carbons (Fsp3) is 0.250. The van der Waals surface area contributed by atoms with Gasteiger partial charge in [-0.2, -0.15) is 4.72 Å². The third-order valence-corrected chi connectivity index (χ3v) is 5.68. The summed E-state index contributed by atoms with van der Waals surface area (Å²) in [7, 11) is -1.79. The summed E-state index contributed by atoms with van der Waals surface area (Å²) in [6.45, 7) is 1.59. The first kappa shape index (κ1) is 24.0. The first-order valence-corrected chi connectivity index (χ1v) is 10.5. The zero-order valence-electron chi connectivity index (χ0n) is 17.0. The summed E-state index contributed by atoms with van der Waals surface area (Å²) in [6, 6.07) is 6.73. The number of methoxy groups -OCH3 is 2. The van der Waals surface area contributed by atoms with Gasteiger partial charge in [-0.05, 0) is 48.9 Å². The maximum atomic E-state index is 13.1. The molecule has 11 heteroatoms.